The first-order valence-corrected chi connectivity index (χ1v) is 4.71. The molecule has 1 aromatic rings. The lowest BCUT2D eigenvalue weighted by Gasteiger charge is -1.92. The minimum absolute atomic E-state index is 0.723. The SMILES string of the molecule is CSc1cnn(C2CC2)c1. The minimum Gasteiger partial charge on any atom is -0.269 e. The highest BCUT2D eigenvalue weighted by atomic mass is 32.2. The van der Waals surface area contributed by atoms with Crippen molar-refractivity contribution < 1.29 is 0 Å². The third-order valence-electron chi connectivity index (χ3n) is 1.73. The number of hydrogen-bond acceptors (Lipinski definition) is 2. The van der Waals surface area contributed by atoms with Crippen LogP contribution in [0.5, 0.6) is 0 Å². The van der Waals surface area contributed by atoms with Crippen LogP contribution >= 0.6 is 11.8 Å². The second-order valence-electron chi connectivity index (χ2n) is 2.59. The Morgan fingerprint density at radius 1 is 1.70 bits per heavy atom. The zero-order valence-electron chi connectivity index (χ0n) is 5.95. The second-order valence-corrected chi connectivity index (χ2v) is 3.47. The molecule has 1 fully saturated rings. The summed E-state index contributed by atoms with van der Waals surface area (Å²) < 4.78 is 2.08. The Morgan fingerprint density at radius 2 is 2.50 bits per heavy atom. The highest BCUT2D eigenvalue weighted by Crippen LogP contribution is 2.34. The molecule has 1 aliphatic carbocycles. The molecule has 1 heterocycles. The average molecular weight is 154 g/mol. The zero-order chi connectivity index (χ0) is 6.97. The van der Waals surface area contributed by atoms with Gasteiger partial charge < -0.3 is 0 Å². The Labute approximate surface area is 64.6 Å². The van der Waals surface area contributed by atoms with E-state index < -0.39 is 0 Å². The van der Waals surface area contributed by atoms with E-state index in [1.165, 1.54) is 17.7 Å². The molecule has 54 valence electrons. The molecule has 1 saturated carbocycles. The van der Waals surface area contributed by atoms with Gasteiger partial charge in [0.25, 0.3) is 0 Å². The quantitative estimate of drug-likeness (QED) is 0.606. The summed E-state index contributed by atoms with van der Waals surface area (Å²) in [5.74, 6) is 0. The molecule has 0 N–H and O–H groups in total. The maximum Gasteiger partial charge on any atom is 0.0625 e. The number of rotatable bonds is 2. The summed E-state index contributed by atoms with van der Waals surface area (Å²) in [7, 11) is 0. The molecule has 0 spiro atoms. The number of thioether (sulfide) groups is 1. The molecule has 10 heavy (non-hydrogen) atoms. The summed E-state index contributed by atoms with van der Waals surface area (Å²) >= 11 is 1.75. The number of hydrogen-bond donors (Lipinski definition) is 0. The van der Waals surface area contributed by atoms with Crippen LogP contribution in [0.1, 0.15) is 18.9 Å². The number of nitrogens with zero attached hydrogens (tertiary/aromatic N) is 2. The fraction of sp³-hybridized carbons (Fsp3) is 0.571. The van der Waals surface area contributed by atoms with Crippen molar-refractivity contribution >= 4 is 11.8 Å². The summed E-state index contributed by atoms with van der Waals surface area (Å²) in [5.41, 5.74) is 0. The Bertz CT molecular complexity index is 227. The largest absolute Gasteiger partial charge is 0.269 e. The predicted molar refractivity (Wildman–Crippen MR) is 42.3 cm³/mol. The van der Waals surface area contributed by atoms with Crippen molar-refractivity contribution in [1.29, 1.82) is 0 Å². The van der Waals surface area contributed by atoms with E-state index in [-0.39, 0.29) is 0 Å². The van der Waals surface area contributed by atoms with Gasteiger partial charge in [-0.15, -0.1) is 11.8 Å². The average Bonchev–Trinajstić information content (AvgIpc) is 2.70. The zero-order valence-corrected chi connectivity index (χ0v) is 6.77. The molecule has 0 saturated heterocycles. The van der Waals surface area contributed by atoms with Gasteiger partial charge in [-0.3, -0.25) is 4.68 Å². The molecule has 0 unspecified atom stereocenters. The molecular formula is C7H10N2S. The fourth-order valence-corrected chi connectivity index (χ4v) is 1.33. The van der Waals surface area contributed by atoms with Crippen LogP contribution in [-0.4, -0.2) is 16.0 Å². The molecule has 0 aromatic carbocycles. The van der Waals surface area contributed by atoms with E-state index in [2.05, 4.69) is 22.2 Å². The van der Waals surface area contributed by atoms with Crippen LogP contribution < -0.4 is 0 Å². The maximum absolute atomic E-state index is 4.24. The fourth-order valence-electron chi connectivity index (χ4n) is 0.965. The van der Waals surface area contributed by atoms with Crippen molar-refractivity contribution in [2.24, 2.45) is 0 Å². The Morgan fingerprint density at radius 3 is 3.00 bits per heavy atom. The van der Waals surface area contributed by atoms with Gasteiger partial charge >= 0.3 is 0 Å². The highest BCUT2D eigenvalue weighted by Gasteiger charge is 2.23. The highest BCUT2D eigenvalue weighted by molar-refractivity contribution is 7.98. The maximum atomic E-state index is 4.24. The summed E-state index contributed by atoms with van der Waals surface area (Å²) in [5, 5.41) is 4.24. The standard InChI is InChI=1S/C7H10N2S/c1-10-7-4-8-9(5-7)6-2-3-6/h4-6H,2-3H2,1H3. The third-order valence-corrected chi connectivity index (χ3v) is 2.42. The van der Waals surface area contributed by atoms with Crippen molar-refractivity contribution in [2.75, 3.05) is 6.26 Å². The van der Waals surface area contributed by atoms with Gasteiger partial charge in [-0.05, 0) is 19.1 Å². The first-order chi connectivity index (χ1) is 4.90. The molecule has 2 nitrogen and oxygen atoms in total. The van der Waals surface area contributed by atoms with Crippen molar-refractivity contribution in [1.82, 2.24) is 9.78 Å². The van der Waals surface area contributed by atoms with Gasteiger partial charge in [0.05, 0.1) is 12.2 Å². The first kappa shape index (κ1) is 6.28. The van der Waals surface area contributed by atoms with Crippen LogP contribution in [0.4, 0.5) is 0 Å². The van der Waals surface area contributed by atoms with Gasteiger partial charge in [0.2, 0.25) is 0 Å². The van der Waals surface area contributed by atoms with Crippen molar-refractivity contribution in [3.05, 3.63) is 12.4 Å². The van der Waals surface area contributed by atoms with E-state index in [1.54, 1.807) is 11.8 Å². The van der Waals surface area contributed by atoms with Gasteiger partial charge in [-0.1, -0.05) is 0 Å². The summed E-state index contributed by atoms with van der Waals surface area (Å²) in [6.45, 7) is 0. The van der Waals surface area contributed by atoms with E-state index in [1.807, 2.05) is 6.20 Å². The molecule has 1 aromatic heterocycles. The summed E-state index contributed by atoms with van der Waals surface area (Å²) in [6.07, 6.45) is 8.77. The van der Waals surface area contributed by atoms with Crippen LogP contribution in [-0.2, 0) is 0 Å². The van der Waals surface area contributed by atoms with Crippen LogP contribution in [0.25, 0.3) is 0 Å². The third kappa shape index (κ3) is 1.06. The predicted octanol–water partition coefficient (Wildman–Crippen LogP) is 1.94. The van der Waals surface area contributed by atoms with E-state index >= 15 is 0 Å². The van der Waals surface area contributed by atoms with Crippen molar-refractivity contribution in [3.63, 3.8) is 0 Å². The van der Waals surface area contributed by atoms with E-state index in [0.29, 0.717) is 0 Å². The van der Waals surface area contributed by atoms with Crippen LogP contribution in [0, 0.1) is 0 Å². The molecule has 0 aliphatic heterocycles. The second kappa shape index (κ2) is 2.31. The first-order valence-electron chi connectivity index (χ1n) is 3.48. The topological polar surface area (TPSA) is 17.8 Å². The normalized spacial score (nSPS) is 17.7. The molecule has 1 aliphatic rings. The van der Waals surface area contributed by atoms with Gasteiger partial charge in [0, 0.05) is 11.1 Å². The summed E-state index contributed by atoms with van der Waals surface area (Å²) in [4.78, 5) is 1.27. The molecule has 3 heteroatoms. The van der Waals surface area contributed by atoms with Crippen LogP contribution in [0.15, 0.2) is 17.3 Å². The lowest BCUT2D eigenvalue weighted by atomic mass is 10.7. The van der Waals surface area contributed by atoms with Gasteiger partial charge in [0.1, 0.15) is 0 Å². The minimum atomic E-state index is 0.723. The van der Waals surface area contributed by atoms with E-state index in [9.17, 15) is 0 Å². The lowest BCUT2D eigenvalue weighted by Crippen LogP contribution is -1.91. The molecular weight excluding hydrogens is 144 g/mol. The van der Waals surface area contributed by atoms with E-state index in [0.717, 1.165) is 6.04 Å². The van der Waals surface area contributed by atoms with E-state index in [4.69, 9.17) is 0 Å². The lowest BCUT2D eigenvalue weighted by molar-refractivity contribution is 0.640. The molecule has 0 bridgehead atoms. The van der Waals surface area contributed by atoms with Crippen LogP contribution in [0.2, 0.25) is 0 Å². The Balaban J connectivity index is 2.19. The van der Waals surface area contributed by atoms with Gasteiger partial charge in [-0.2, -0.15) is 5.10 Å². The smallest absolute Gasteiger partial charge is 0.0625 e. The Kier molecular flexibility index (Phi) is 1.45. The van der Waals surface area contributed by atoms with Gasteiger partial charge in [-0.25, -0.2) is 0 Å². The summed E-state index contributed by atoms with van der Waals surface area (Å²) in [6, 6.07) is 0.723. The molecule has 0 amide bonds. The molecule has 2 rings (SSSR count). The monoisotopic (exact) mass is 154 g/mol. The molecule has 0 atom stereocenters. The van der Waals surface area contributed by atoms with Crippen molar-refractivity contribution in [3.8, 4) is 0 Å². The van der Waals surface area contributed by atoms with Gasteiger partial charge in [0.15, 0.2) is 0 Å². The van der Waals surface area contributed by atoms with Crippen molar-refractivity contribution in [2.45, 2.75) is 23.8 Å². The molecule has 0 radical (unpaired) electrons. The van der Waals surface area contributed by atoms with Crippen LogP contribution in [0.3, 0.4) is 0 Å². The Hall–Kier alpha value is -0.440. The number of aromatic nitrogens is 2.